The third-order valence-electron chi connectivity index (χ3n) is 3.19. The lowest BCUT2D eigenvalue weighted by Gasteiger charge is -2.10. The van der Waals surface area contributed by atoms with Gasteiger partial charge in [0.05, 0.1) is 17.3 Å². The van der Waals surface area contributed by atoms with Crippen molar-refractivity contribution in [2.45, 2.75) is 48.1 Å². The van der Waals surface area contributed by atoms with E-state index >= 15 is 0 Å². The van der Waals surface area contributed by atoms with E-state index in [-0.39, 0.29) is 0 Å². The van der Waals surface area contributed by atoms with Gasteiger partial charge < -0.3 is 9.15 Å². The van der Waals surface area contributed by atoms with Crippen LogP contribution in [0.2, 0.25) is 0 Å². The van der Waals surface area contributed by atoms with E-state index in [9.17, 15) is 0 Å². The van der Waals surface area contributed by atoms with Gasteiger partial charge in [-0.05, 0) is 43.2 Å². The molecule has 2 heterocycles. The van der Waals surface area contributed by atoms with Crippen molar-refractivity contribution >= 4 is 11.0 Å². The largest absolute Gasteiger partial charge is 0.486 e. The first kappa shape index (κ1) is 18.8. The number of benzene rings is 1. The Balaban J connectivity index is 0.000000615. The molecule has 0 spiro atoms. The van der Waals surface area contributed by atoms with E-state index in [1.54, 1.807) is 10.9 Å². The SMILES string of the molecule is CC.CC.Cc1cc(C)c2occc2c1OCc1ccn(C)n1. The Kier molecular flexibility index (Phi) is 7.39. The van der Waals surface area contributed by atoms with E-state index in [0.717, 1.165) is 33.5 Å². The number of aryl methyl sites for hydroxylation is 3. The maximum absolute atomic E-state index is 5.93. The molecule has 0 aliphatic heterocycles. The summed E-state index contributed by atoms with van der Waals surface area (Å²) < 4.78 is 13.2. The third kappa shape index (κ3) is 4.38. The van der Waals surface area contributed by atoms with Gasteiger partial charge >= 0.3 is 0 Å². The molecule has 4 nitrogen and oxygen atoms in total. The summed E-state index contributed by atoms with van der Waals surface area (Å²) in [7, 11) is 1.90. The highest BCUT2D eigenvalue weighted by molar-refractivity contribution is 5.88. The average Bonchev–Trinajstić information content (AvgIpc) is 3.20. The topological polar surface area (TPSA) is 40.2 Å². The van der Waals surface area contributed by atoms with Crippen molar-refractivity contribution in [2.24, 2.45) is 7.05 Å². The molecule has 126 valence electrons. The summed E-state index contributed by atoms with van der Waals surface area (Å²) >= 11 is 0. The van der Waals surface area contributed by atoms with Crippen LogP contribution >= 0.6 is 0 Å². The molecule has 0 atom stereocenters. The number of ether oxygens (including phenoxy) is 1. The quantitative estimate of drug-likeness (QED) is 0.648. The second-order valence-corrected chi connectivity index (χ2v) is 4.77. The van der Waals surface area contributed by atoms with Crippen molar-refractivity contribution in [3.8, 4) is 5.75 Å². The molecule has 3 rings (SSSR count). The molecule has 0 aliphatic carbocycles. The summed E-state index contributed by atoms with van der Waals surface area (Å²) in [6, 6.07) is 5.98. The standard InChI is InChI=1S/C15H16N2O2.2C2H6/c1-10-8-11(2)15(13-5-7-18-14(10)13)19-9-12-4-6-17(3)16-12;2*1-2/h4-8H,9H2,1-3H3;2*1-2H3. The molecule has 4 heteroatoms. The lowest BCUT2D eigenvalue weighted by Crippen LogP contribution is -2.00. The van der Waals surface area contributed by atoms with Gasteiger partial charge in [-0.15, -0.1) is 0 Å². The van der Waals surface area contributed by atoms with Crippen molar-refractivity contribution < 1.29 is 9.15 Å². The Bertz CT molecular complexity index is 726. The number of rotatable bonds is 3. The smallest absolute Gasteiger partial charge is 0.140 e. The van der Waals surface area contributed by atoms with E-state index in [2.05, 4.69) is 11.2 Å². The predicted octanol–water partition coefficient (Wildman–Crippen LogP) is 5.41. The van der Waals surface area contributed by atoms with Crippen LogP contribution in [0.5, 0.6) is 5.75 Å². The lowest BCUT2D eigenvalue weighted by atomic mass is 10.1. The van der Waals surface area contributed by atoms with Gasteiger partial charge in [0, 0.05) is 13.2 Å². The van der Waals surface area contributed by atoms with Crippen LogP contribution in [0.25, 0.3) is 11.0 Å². The molecule has 1 aromatic carbocycles. The summed E-state index contributed by atoms with van der Waals surface area (Å²) in [5.41, 5.74) is 4.05. The van der Waals surface area contributed by atoms with Crippen LogP contribution in [-0.4, -0.2) is 9.78 Å². The molecule has 0 saturated heterocycles. The summed E-state index contributed by atoms with van der Waals surface area (Å²) in [6.07, 6.45) is 3.61. The van der Waals surface area contributed by atoms with Gasteiger partial charge in [-0.3, -0.25) is 4.68 Å². The summed E-state index contributed by atoms with van der Waals surface area (Å²) in [6.45, 7) is 12.6. The minimum absolute atomic E-state index is 0.463. The lowest BCUT2D eigenvalue weighted by molar-refractivity contribution is 0.301. The van der Waals surface area contributed by atoms with Gasteiger partial charge in [0.15, 0.2) is 0 Å². The fourth-order valence-electron chi connectivity index (χ4n) is 2.34. The number of hydrogen-bond acceptors (Lipinski definition) is 3. The van der Waals surface area contributed by atoms with Crippen LogP contribution in [0.15, 0.2) is 35.1 Å². The maximum atomic E-state index is 5.93. The summed E-state index contributed by atoms with van der Waals surface area (Å²) in [5, 5.41) is 5.33. The predicted molar refractivity (Wildman–Crippen MR) is 95.9 cm³/mol. The molecular weight excluding hydrogens is 288 g/mol. The normalized spacial score (nSPS) is 9.70. The highest BCUT2D eigenvalue weighted by atomic mass is 16.5. The Morgan fingerprint density at radius 2 is 1.78 bits per heavy atom. The minimum Gasteiger partial charge on any atom is -0.486 e. The van der Waals surface area contributed by atoms with Crippen LogP contribution in [0.4, 0.5) is 0 Å². The second kappa shape index (κ2) is 9.03. The molecule has 23 heavy (non-hydrogen) atoms. The van der Waals surface area contributed by atoms with Gasteiger partial charge in [-0.2, -0.15) is 5.10 Å². The van der Waals surface area contributed by atoms with Crippen LogP contribution in [0.3, 0.4) is 0 Å². The number of furan rings is 1. The van der Waals surface area contributed by atoms with Crippen LogP contribution in [-0.2, 0) is 13.7 Å². The van der Waals surface area contributed by atoms with E-state index in [1.807, 2.05) is 66.9 Å². The van der Waals surface area contributed by atoms with Gasteiger partial charge in [0.25, 0.3) is 0 Å². The second-order valence-electron chi connectivity index (χ2n) is 4.77. The number of fused-ring (bicyclic) bond motifs is 1. The molecule has 2 aromatic heterocycles. The van der Waals surface area contributed by atoms with Crippen molar-refractivity contribution in [2.75, 3.05) is 0 Å². The van der Waals surface area contributed by atoms with E-state index in [1.165, 1.54) is 0 Å². The van der Waals surface area contributed by atoms with E-state index < -0.39 is 0 Å². The molecule has 3 aromatic rings. The van der Waals surface area contributed by atoms with Crippen molar-refractivity contribution in [1.29, 1.82) is 0 Å². The van der Waals surface area contributed by atoms with Crippen LogP contribution < -0.4 is 4.74 Å². The summed E-state index contributed by atoms with van der Waals surface area (Å²) in [5.74, 6) is 0.875. The zero-order valence-electron chi connectivity index (χ0n) is 15.3. The zero-order valence-corrected chi connectivity index (χ0v) is 15.3. The molecular formula is C19H28N2O2. The van der Waals surface area contributed by atoms with Crippen LogP contribution in [0, 0.1) is 13.8 Å². The zero-order chi connectivity index (χ0) is 17.4. The molecule has 0 radical (unpaired) electrons. The van der Waals surface area contributed by atoms with Crippen molar-refractivity contribution in [1.82, 2.24) is 9.78 Å². The molecule has 0 bridgehead atoms. The maximum Gasteiger partial charge on any atom is 0.140 e. The van der Waals surface area contributed by atoms with Gasteiger partial charge in [0.1, 0.15) is 17.9 Å². The molecule has 0 unspecified atom stereocenters. The number of nitrogens with zero attached hydrogens (tertiary/aromatic N) is 2. The Morgan fingerprint density at radius 3 is 2.39 bits per heavy atom. The fourth-order valence-corrected chi connectivity index (χ4v) is 2.34. The fraction of sp³-hybridized carbons (Fsp3) is 0.421. The average molecular weight is 316 g/mol. The first-order valence-electron chi connectivity index (χ1n) is 8.24. The number of aromatic nitrogens is 2. The Morgan fingerprint density at radius 1 is 1.09 bits per heavy atom. The molecule has 0 saturated carbocycles. The first-order chi connectivity index (χ1) is 11.1. The van der Waals surface area contributed by atoms with Gasteiger partial charge in [0.2, 0.25) is 0 Å². The minimum atomic E-state index is 0.463. The van der Waals surface area contributed by atoms with Crippen LogP contribution in [0.1, 0.15) is 44.5 Å². The Labute approximate surface area is 139 Å². The molecule has 0 amide bonds. The molecule has 0 N–H and O–H groups in total. The van der Waals surface area contributed by atoms with Crippen molar-refractivity contribution in [3.05, 3.63) is 47.5 Å². The summed E-state index contributed by atoms with van der Waals surface area (Å²) in [4.78, 5) is 0. The van der Waals surface area contributed by atoms with E-state index in [4.69, 9.17) is 9.15 Å². The van der Waals surface area contributed by atoms with Crippen molar-refractivity contribution in [3.63, 3.8) is 0 Å². The van der Waals surface area contributed by atoms with Gasteiger partial charge in [-0.1, -0.05) is 27.7 Å². The first-order valence-corrected chi connectivity index (χ1v) is 8.24. The highest BCUT2D eigenvalue weighted by Crippen LogP contribution is 2.33. The highest BCUT2D eigenvalue weighted by Gasteiger charge is 2.12. The molecule has 0 aliphatic rings. The number of hydrogen-bond donors (Lipinski definition) is 0. The monoisotopic (exact) mass is 316 g/mol. The molecule has 0 fully saturated rings. The Hall–Kier alpha value is -2.23. The van der Waals surface area contributed by atoms with Gasteiger partial charge in [-0.25, -0.2) is 0 Å². The van der Waals surface area contributed by atoms with E-state index in [0.29, 0.717) is 6.61 Å². The third-order valence-corrected chi connectivity index (χ3v) is 3.19.